The number of nitrogens with one attached hydrogen (secondary N) is 1. The molecule has 100 valence electrons. The van der Waals surface area contributed by atoms with Crippen LogP contribution in [0, 0.1) is 6.92 Å². The Hall–Kier alpha value is -1.68. The number of aromatic nitrogens is 3. The van der Waals surface area contributed by atoms with Crippen LogP contribution in [0.5, 0.6) is 0 Å². The molecule has 2 rings (SSSR count). The van der Waals surface area contributed by atoms with Gasteiger partial charge in [0.2, 0.25) is 0 Å². The molecule has 1 N–H and O–H groups in total. The average Bonchev–Trinajstić information content (AvgIpc) is 2.41. The standard InChI is InChI=1S/C14H17ClN4/c1-9(2)13-18-12(15)10(3)14(19-13)17-8-11-6-4-5-7-16-11/h4-7,9H,8H2,1-3H3,(H,17,18,19). The molecule has 0 atom stereocenters. The van der Waals surface area contributed by atoms with Crippen LogP contribution >= 0.6 is 11.6 Å². The molecule has 0 fully saturated rings. The number of nitrogens with zero attached hydrogens (tertiary/aromatic N) is 3. The summed E-state index contributed by atoms with van der Waals surface area (Å²) in [5, 5.41) is 3.77. The second-order valence-corrected chi connectivity index (χ2v) is 5.03. The van der Waals surface area contributed by atoms with Gasteiger partial charge in [-0.25, -0.2) is 9.97 Å². The van der Waals surface area contributed by atoms with Crippen LogP contribution in [0.3, 0.4) is 0 Å². The zero-order chi connectivity index (χ0) is 13.8. The van der Waals surface area contributed by atoms with Gasteiger partial charge in [-0.05, 0) is 19.1 Å². The Labute approximate surface area is 118 Å². The Balaban J connectivity index is 2.20. The number of pyridine rings is 1. The predicted molar refractivity (Wildman–Crippen MR) is 77.4 cm³/mol. The average molecular weight is 277 g/mol. The number of rotatable bonds is 4. The molecular weight excluding hydrogens is 260 g/mol. The normalized spacial score (nSPS) is 10.8. The van der Waals surface area contributed by atoms with Gasteiger partial charge in [-0.1, -0.05) is 31.5 Å². The third-order valence-corrected chi connectivity index (χ3v) is 3.15. The van der Waals surface area contributed by atoms with Crippen LogP contribution in [0.4, 0.5) is 5.82 Å². The van der Waals surface area contributed by atoms with Crippen LogP contribution in [-0.2, 0) is 6.54 Å². The molecule has 19 heavy (non-hydrogen) atoms. The van der Waals surface area contributed by atoms with Gasteiger partial charge in [-0.3, -0.25) is 4.98 Å². The van der Waals surface area contributed by atoms with Crippen LogP contribution in [-0.4, -0.2) is 15.0 Å². The lowest BCUT2D eigenvalue weighted by atomic mass is 10.2. The Morgan fingerprint density at radius 2 is 2.05 bits per heavy atom. The van der Waals surface area contributed by atoms with E-state index in [2.05, 4.69) is 20.3 Å². The lowest BCUT2D eigenvalue weighted by Gasteiger charge is -2.12. The van der Waals surface area contributed by atoms with Crippen molar-refractivity contribution in [3.05, 3.63) is 46.6 Å². The molecule has 0 aliphatic heterocycles. The lowest BCUT2D eigenvalue weighted by molar-refractivity contribution is 0.771. The molecule has 4 nitrogen and oxygen atoms in total. The van der Waals surface area contributed by atoms with E-state index >= 15 is 0 Å². The molecule has 0 saturated carbocycles. The lowest BCUT2D eigenvalue weighted by Crippen LogP contribution is -2.08. The van der Waals surface area contributed by atoms with Crippen molar-refractivity contribution < 1.29 is 0 Å². The van der Waals surface area contributed by atoms with Gasteiger partial charge in [0.25, 0.3) is 0 Å². The summed E-state index contributed by atoms with van der Waals surface area (Å²) < 4.78 is 0. The van der Waals surface area contributed by atoms with E-state index in [1.54, 1.807) is 6.20 Å². The topological polar surface area (TPSA) is 50.7 Å². The number of anilines is 1. The summed E-state index contributed by atoms with van der Waals surface area (Å²) in [5.41, 5.74) is 1.82. The zero-order valence-electron chi connectivity index (χ0n) is 11.3. The highest BCUT2D eigenvalue weighted by Crippen LogP contribution is 2.23. The third-order valence-electron chi connectivity index (χ3n) is 2.78. The van der Waals surface area contributed by atoms with Gasteiger partial charge < -0.3 is 5.32 Å². The van der Waals surface area contributed by atoms with Crippen molar-refractivity contribution in [1.82, 2.24) is 15.0 Å². The van der Waals surface area contributed by atoms with Crippen molar-refractivity contribution in [1.29, 1.82) is 0 Å². The first-order valence-corrected chi connectivity index (χ1v) is 6.63. The van der Waals surface area contributed by atoms with Crippen LogP contribution in [0.15, 0.2) is 24.4 Å². The Bertz CT molecular complexity index is 555. The molecule has 5 heteroatoms. The summed E-state index contributed by atoms with van der Waals surface area (Å²) in [6, 6.07) is 5.82. The van der Waals surface area contributed by atoms with Gasteiger partial charge >= 0.3 is 0 Å². The SMILES string of the molecule is Cc1c(Cl)nc(C(C)C)nc1NCc1ccccn1. The van der Waals surface area contributed by atoms with Crippen molar-refractivity contribution in [2.45, 2.75) is 33.2 Å². The molecule has 0 radical (unpaired) electrons. The Morgan fingerprint density at radius 1 is 1.26 bits per heavy atom. The first kappa shape index (κ1) is 13.7. The van der Waals surface area contributed by atoms with Crippen LogP contribution in [0.25, 0.3) is 0 Å². The van der Waals surface area contributed by atoms with E-state index in [0.717, 1.165) is 22.9 Å². The predicted octanol–water partition coefficient (Wildman–Crippen LogP) is 3.57. The summed E-state index contributed by atoms with van der Waals surface area (Å²) in [7, 11) is 0. The van der Waals surface area contributed by atoms with Crippen molar-refractivity contribution in [2.75, 3.05) is 5.32 Å². The van der Waals surface area contributed by atoms with Crippen LogP contribution in [0.1, 0.15) is 36.8 Å². The maximum absolute atomic E-state index is 6.14. The van der Waals surface area contributed by atoms with Gasteiger partial charge in [-0.15, -0.1) is 0 Å². The molecule has 2 aromatic rings. The van der Waals surface area contributed by atoms with E-state index in [9.17, 15) is 0 Å². The quantitative estimate of drug-likeness (QED) is 0.868. The molecule has 0 unspecified atom stereocenters. The van der Waals surface area contributed by atoms with Crippen molar-refractivity contribution in [3.8, 4) is 0 Å². The van der Waals surface area contributed by atoms with Gasteiger partial charge in [-0.2, -0.15) is 0 Å². The van der Waals surface area contributed by atoms with Crippen molar-refractivity contribution in [3.63, 3.8) is 0 Å². The molecule has 0 saturated heterocycles. The Kier molecular flexibility index (Phi) is 4.32. The van der Waals surface area contributed by atoms with E-state index in [4.69, 9.17) is 11.6 Å². The molecule has 0 bridgehead atoms. The summed E-state index contributed by atoms with van der Waals surface area (Å²) in [5.74, 6) is 1.77. The highest BCUT2D eigenvalue weighted by atomic mass is 35.5. The number of hydrogen-bond donors (Lipinski definition) is 1. The monoisotopic (exact) mass is 276 g/mol. The van der Waals surface area contributed by atoms with Gasteiger partial charge in [0.1, 0.15) is 16.8 Å². The molecule has 2 heterocycles. The van der Waals surface area contributed by atoms with E-state index in [1.165, 1.54) is 0 Å². The fraction of sp³-hybridized carbons (Fsp3) is 0.357. The van der Waals surface area contributed by atoms with E-state index in [-0.39, 0.29) is 5.92 Å². The molecular formula is C14H17ClN4. The van der Waals surface area contributed by atoms with Crippen molar-refractivity contribution >= 4 is 17.4 Å². The van der Waals surface area contributed by atoms with Gasteiger partial charge in [0.05, 0.1) is 12.2 Å². The number of halogens is 1. The summed E-state index contributed by atoms with van der Waals surface area (Å²) in [4.78, 5) is 13.1. The maximum Gasteiger partial charge on any atom is 0.137 e. The molecule has 0 spiro atoms. The third kappa shape index (κ3) is 3.41. The highest BCUT2D eigenvalue weighted by Gasteiger charge is 2.11. The second kappa shape index (κ2) is 5.97. The fourth-order valence-electron chi connectivity index (χ4n) is 1.61. The molecule has 0 aliphatic rings. The van der Waals surface area contributed by atoms with Gasteiger partial charge in [0, 0.05) is 17.7 Å². The Morgan fingerprint density at radius 3 is 2.68 bits per heavy atom. The first-order valence-electron chi connectivity index (χ1n) is 6.25. The molecule has 0 aromatic carbocycles. The summed E-state index contributed by atoms with van der Waals surface area (Å²) in [6.07, 6.45) is 1.77. The molecule has 2 aromatic heterocycles. The fourth-order valence-corrected chi connectivity index (χ4v) is 1.79. The van der Waals surface area contributed by atoms with Crippen molar-refractivity contribution in [2.24, 2.45) is 0 Å². The molecule has 0 aliphatic carbocycles. The molecule has 0 amide bonds. The van der Waals surface area contributed by atoms with E-state index in [1.807, 2.05) is 39.0 Å². The minimum atomic E-state index is 0.244. The smallest absolute Gasteiger partial charge is 0.137 e. The van der Waals surface area contributed by atoms with Crippen LogP contribution < -0.4 is 5.32 Å². The van der Waals surface area contributed by atoms with Gasteiger partial charge in [0.15, 0.2) is 0 Å². The minimum absolute atomic E-state index is 0.244. The van der Waals surface area contributed by atoms with Crippen LogP contribution in [0.2, 0.25) is 5.15 Å². The second-order valence-electron chi connectivity index (χ2n) is 4.68. The maximum atomic E-state index is 6.14. The summed E-state index contributed by atoms with van der Waals surface area (Å²) >= 11 is 6.14. The minimum Gasteiger partial charge on any atom is -0.364 e. The first-order chi connectivity index (χ1) is 9.08. The number of hydrogen-bond acceptors (Lipinski definition) is 4. The summed E-state index contributed by atoms with van der Waals surface area (Å²) in [6.45, 7) is 6.62. The largest absolute Gasteiger partial charge is 0.364 e. The van der Waals surface area contributed by atoms with E-state index < -0.39 is 0 Å². The highest BCUT2D eigenvalue weighted by molar-refractivity contribution is 6.30. The zero-order valence-corrected chi connectivity index (χ0v) is 12.1. The van der Waals surface area contributed by atoms with E-state index in [0.29, 0.717) is 11.7 Å².